The van der Waals surface area contributed by atoms with Crippen molar-refractivity contribution in [1.82, 2.24) is 9.62 Å². The highest BCUT2D eigenvalue weighted by Gasteiger charge is 2.38. The molecule has 0 radical (unpaired) electrons. The molecular formula is C22H28N2O3S. The van der Waals surface area contributed by atoms with Gasteiger partial charge in [-0.05, 0) is 55.5 Å². The van der Waals surface area contributed by atoms with Crippen molar-refractivity contribution in [3.63, 3.8) is 0 Å². The van der Waals surface area contributed by atoms with Crippen molar-refractivity contribution in [1.29, 1.82) is 0 Å². The minimum Gasteiger partial charge on any atom is -0.351 e. The molecule has 0 atom stereocenters. The van der Waals surface area contributed by atoms with E-state index in [2.05, 4.69) is 17.4 Å². The van der Waals surface area contributed by atoms with Gasteiger partial charge in [0.1, 0.15) is 0 Å². The molecule has 1 aliphatic carbocycles. The molecule has 1 N–H and O–H groups in total. The monoisotopic (exact) mass is 400 g/mol. The van der Waals surface area contributed by atoms with E-state index in [1.165, 1.54) is 30.0 Å². The van der Waals surface area contributed by atoms with Gasteiger partial charge < -0.3 is 5.32 Å². The number of aryl methyl sites for hydroxylation is 1. The molecule has 2 aromatic carbocycles. The summed E-state index contributed by atoms with van der Waals surface area (Å²) >= 11 is 0. The van der Waals surface area contributed by atoms with Crippen LogP contribution < -0.4 is 5.32 Å². The first-order valence-corrected chi connectivity index (χ1v) is 11.0. The van der Waals surface area contributed by atoms with Gasteiger partial charge in [0.2, 0.25) is 10.0 Å². The topological polar surface area (TPSA) is 66.5 Å². The van der Waals surface area contributed by atoms with E-state index in [0.29, 0.717) is 17.7 Å². The number of benzene rings is 2. The maximum Gasteiger partial charge on any atom is 0.251 e. The van der Waals surface area contributed by atoms with Gasteiger partial charge in [0.15, 0.2) is 0 Å². The molecule has 1 amide bonds. The standard InChI is InChI=1S/C22H28N2O3S/c1-16-13-18(14-20(17(16)2)28(26,27)24(3)4)21(25)23-15-22(11-8-12-22)19-9-6-5-7-10-19/h5-7,9-10,13-14H,8,11-12,15H2,1-4H3,(H,23,25). The van der Waals surface area contributed by atoms with Crippen molar-refractivity contribution in [3.05, 3.63) is 64.7 Å². The van der Waals surface area contributed by atoms with Gasteiger partial charge in [-0.25, -0.2) is 12.7 Å². The van der Waals surface area contributed by atoms with Crippen molar-refractivity contribution >= 4 is 15.9 Å². The summed E-state index contributed by atoms with van der Waals surface area (Å²) in [5.41, 5.74) is 3.07. The number of amides is 1. The highest BCUT2D eigenvalue weighted by Crippen LogP contribution is 2.43. The molecule has 0 spiro atoms. The van der Waals surface area contributed by atoms with Gasteiger partial charge in [-0.2, -0.15) is 0 Å². The third-order valence-electron chi connectivity index (χ3n) is 5.92. The van der Waals surface area contributed by atoms with Crippen molar-refractivity contribution in [2.24, 2.45) is 0 Å². The third kappa shape index (κ3) is 3.71. The Balaban J connectivity index is 1.85. The van der Waals surface area contributed by atoms with Crippen molar-refractivity contribution in [3.8, 4) is 0 Å². The predicted molar refractivity (Wildman–Crippen MR) is 111 cm³/mol. The Morgan fingerprint density at radius 2 is 1.75 bits per heavy atom. The van der Waals surface area contributed by atoms with Crippen molar-refractivity contribution in [2.75, 3.05) is 20.6 Å². The Morgan fingerprint density at radius 1 is 1.11 bits per heavy atom. The van der Waals surface area contributed by atoms with Crippen LogP contribution in [0.4, 0.5) is 0 Å². The average Bonchev–Trinajstić information content (AvgIpc) is 2.63. The van der Waals surface area contributed by atoms with E-state index in [0.717, 1.165) is 24.8 Å². The summed E-state index contributed by atoms with van der Waals surface area (Å²) in [5, 5.41) is 3.05. The van der Waals surface area contributed by atoms with Crippen LogP contribution in [-0.2, 0) is 15.4 Å². The summed E-state index contributed by atoms with van der Waals surface area (Å²) in [7, 11) is -0.618. The van der Waals surface area contributed by atoms with Gasteiger partial charge >= 0.3 is 0 Å². The molecule has 0 unspecified atom stereocenters. The van der Waals surface area contributed by atoms with Crippen LogP contribution in [0.25, 0.3) is 0 Å². The SMILES string of the molecule is Cc1cc(C(=O)NCC2(c3ccccc3)CCC2)cc(S(=O)(=O)N(C)C)c1C. The van der Waals surface area contributed by atoms with E-state index in [4.69, 9.17) is 0 Å². The Bertz CT molecular complexity index is 978. The summed E-state index contributed by atoms with van der Waals surface area (Å²) in [6.07, 6.45) is 3.24. The average molecular weight is 401 g/mol. The number of rotatable bonds is 6. The maximum absolute atomic E-state index is 12.9. The van der Waals surface area contributed by atoms with E-state index < -0.39 is 10.0 Å². The van der Waals surface area contributed by atoms with Crippen LogP contribution in [0.2, 0.25) is 0 Å². The van der Waals surface area contributed by atoms with Crippen molar-refractivity contribution in [2.45, 2.75) is 43.4 Å². The Morgan fingerprint density at radius 3 is 2.29 bits per heavy atom. The van der Waals surface area contributed by atoms with Gasteiger partial charge in [0, 0.05) is 31.6 Å². The summed E-state index contributed by atoms with van der Waals surface area (Å²) in [4.78, 5) is 13.0. The summed E-state index contributed by atoms with van der Waals surface area (Å²) in [6, 6.07) is 13.5. The molecule has 0 saturated heterocycles. The van der Waals surface area contributed by atoms with E-state index in [-0.39, 0.29) is 16.2 Å². The first-order valence-electron chi connectivity index (χ1n) is 9.55. The lowest BCUT2D eigenvalue weighted by atomic mass is 9.64. The van der Waals surface area contributed by atoms with E-state index >= 15 is 0 Å². The lowest BCUT2D eigenvalue weighted by molar-refractivity contribution is 0.0927. The smallest absolute Gasteiger partial charge is 0.251 e. The van der Waals surface area contributed by atoms with Gasteiger partial charge in [-0.3, -0.25) is 4.79 Å². The fourth-order valence-electron chi connectivity index (χ4n) is 3.74. The number of sulfonamides is 1. The van der Waals surface area contributed by atoms with Gasteiger partial charge in [0.25, 0.3) is 5.91 Å². The number of hydrogen-bond acceptors (Lipinski definition) is 3. The van der Waals surface area contributed by atoms with Gasteiger partial charge in [-0.1, -0.05) is 36.8 Å². The second kappa shape index (κ2) is 7.68. The second-order valence-corrected chi connectivity index (χ2v) is 10.0. The number of nitrogens with zero attached hydrogens (tertiary/aromatic N) is 1. The molecule has 1 saturated carbocycles. The molecule has 2 aromatic rings. The number of nitrogens with one attached hydrogen (secondary N) is 1. The molecule has 0 bridgehead atoms. The Labute approximate surface area is 167 Å². The Kier molecular flexibility index (Phi) is 5.64. The molecule has 28 heavy (non-hydrogen) atoms. The molecule has 0 aliphatic heterocycles. The van der Waals surface area contributed by atoms with Gasteiger partial charge in [-0.15, -0.1) is 0 Å². The van der Waals surface area contributed by atoms with E-state index in [1.54, 1.807) is 13.0 Å². The van der Waals surface area contributed by atoms with Crippen LogP contribution in [0.15, 0.2) is 47.4 Å². The van der Waals surface area contributed by atoms with Crippen molar-refractivity contribution < 1.29 is 13.2 Å². The van der Waals surface area contributed by atoms with Crippen LogP contribution in [-0.4, -0.2) is 39.3 Å². The quantitative estimate of drug-likeness (QED) is 0.808. The van der Waals surface area contributed by atoms with Crippen LogP contribution >= 0.6 is 0 Å². The highest BCUT2D eigenvalue weighted by atomic mass is 32.2. The minimum absolute atomic E-state index is 0.0186. The molecule has 5 nitrogen and oxygen atoms in total. The highest BCUT2D eigenvalue weighted by molar-refractivity contribution is 7.89. The fraction of sp³-hybridized carbons (Fsp3) is 0.409. The molecule has 1 fully saturated rings. The zero-order valence-electron chi connectivity index (χ0n) is 17.0. The predicted octanol–water partition coefficient (Wildman–Crippen LogP) is 3.41. The van der Waals surface area contributed by atoms with E-state index in [9.17, 15) is 13.2 Å². The van der Waals surface area contributed by atoms with E-state index in [1.807, 2.05) is 25.1 Å². The summed E-state index contributed by atoms with van der Waals surface area (Å²) in [5.74, 6) is -0.236. The summed E-state index contributed by atoms with van der Waals surface area (Å²) in [6.45, 7) is 4.16. The molecule has 0 aromatic heterocycles. The van der Waals surface area contributed by atoms with Crippen LogP contribution in [0.1, 0.15) is 46.3 Å². The third-order valence-corrected chi connectivity index (χ3v) is 7.87. The maximum atomic E-state index is 12.9. The van der Waals surface area contributed by atoms with Crippen LogP contribution in [0, 0.1) is 13.8 Å². The molecule has 150 valence electrons. The molecule has 3 rings (SSSR count). The molecular weight excluding hydrogens is 372 g/mol. The lowest BCUT2D eigenvalue weighted by Crippen LogP contribution is -2.45. The fourth-order valence-corrected chi connectivity index (χ4v) is 4.95. The van der Waals surface area contributed by atoms with Crippen LogP contribution in [0.3, 0.4) is 0 Å². The lowest BCUT2D eigenvalue weighted by Gasteiger charge is -2.42. The van der Waals surface area contributed by atoms with Crippen LogP contribution in [0.5, 0.6) is 0 Å². The normalized spacial score (nSPS) is 15.9. The second-order valence-electron chi connectivity index (χ2n) is 7.89. The number of hydrogen-bond donors (Lipinski definition) is 1. The zero-order valence-corrected chi connectivity index (χ0v) is 17.8. The number of carbonyl (C=O) groups excluding carboxylic acids is 1. The molecule has 1 aliphatic rings. The summed E-state index contributed by atoms with van der Waals surface area (Å²) < 4.78 is 26.4. The minimum atomic E-state index is -3.61. The largest absolute Gasteiger partial charge is 0.351 e. The molecule has 6 heteroatoms. The molecule has 0 heterocycles. The Hall–Kier alpha value is -2.18. The first kappa shape index (κ1) is 20.6. The zero-order chi connectivity index (χ0) is 20.5. The van der Waals surface area contributed by atoms with Gasteiger partial charge in [0.05, 0.1) is 4.90 Å². The first-order chi connectivity index (χ1) is 13.2. The number of carbonyl (C=O) groups is 1.